The number of rotatable bonds is 5. The van der Waals surface area contributed by atoms with E-state index in [0.717, 1.165) is 71.4 Å². The summed E-state index contributed by atoms with van der Waals surface area (Å²) in [6, 6.07) is 4.22. The van der Waals surface area contributed by atoms with Crippen molar-refractivity contribution < 1.29 is 9.53 Å². The van der Waals surface area contributed by atoms with E-state index >= 15 is 0 Å². The highest BCUT2D eigenvalue weighted by molar-refractivity contribution is 7.19. The molecule has 1 aliphatic carbocycles. The Balaban J connectivity index is 1.62. The molecule has 2 aliphatic rings. The number of amides is 1. The molecule has 0 spiro atoms. The normalized spacial score (nSPS) is 22.5. The number of nitrogens with zero attached hydrogens (tertiary/aromatic N) is 3. The standard InChI is InChI=1S/C23H32N4O2S/c1-14-9-19(10-15(2)25-14)21-20(11-24-22(28)18-7-5-6-8-18)26-23(30-21)27-12-16(3)29-17(4)13-27/h9-10,16-18H,5-8,11-13H2,1-4H3,(H,24,28)/t16-,17+. The van der Waals surface area contributed by atoms with Crippen molar-refractivity contribution in [2.45, 2.75) is 72.1 Å². The molecule has 1 saturated carbocycles. The van der Waals surface area contributed by atoms with Crippen molar-refractivity contribution in [1.82, 2.24) is 15.3 Å². The van der Waals surface area contributed by atoms with Gasteiger partial charge in [0.1, 0.15) is 0 Å². The third kappa shape index (κ3) is 4.83. The first kappa shape index (κ1) is 21.2. The maximum Gasteiger partial charge on any atom is 0.223 e. The van der Waals surface area contributed by atoms with E-state index in [1.807, 2.05) is 13.8 Å². The van der Waals surface area contributed by atoms with Gasteiger partial charge in [-0.05, 0) is 58.2 Å². The van der Waals surface area contributed by atoms with E-state index in [1.54, 1.807) is 11.3 Å². The number of morpholine rings is 1. The molecular weight excluding hydrogens is 396 g/mol. The van der Waals surface area contributed by atoms with Gasteiger partial charge < -0.3 is 15.0 Å². The summed E-state index contributed by atoms with van der Waals surface area (Å²) in [6.07, 6.45) is 4.69. The fraction of sp³-hybridized carbons (Fsp3) is 0.609. The average molecular weight is 429 g/mol. The van der Waals surface area contributed by atoms with Crippen LogP contribution in [-0.4, -0.2) is 41.2 Å². The first-order valence-electron chi connectivity index (χ1n) is 11.0. The SMILES string of the molecule is Cc1cc(-c2sc(N3C[C@@H](C)O[C@@H](C)C3)nc2CNC(=O)C2CCCC2)cc(C)n1. The average Bonchev–Trinajstić information content (AvgIpc) is 3.35. The largest absolute Gasteiger partial charge is 0.372 e. The summed E-state index contributed by atoms with van der Waals surface area (Å²) < 4.78 is 5.90. The van der Waals surface area contributed by atoms with Gasteiger partial charge in [-0.1, -0.05) is 24.2 Å². The van der Waals surface area contributed by atoms with Gasteiger partial charge in [-0.2, -0.15) is 0 Å². The number of aromatic nitrogens is 2. The molecule has 0 bridgehead atoms. The monoisotopic (exact) mass is 428 g/mol. The zero-order valence-corrected chi connectivity index (χ0v) is 19.2. The fourth-order valence-corrected chi connectivity index (χ4v) is 5.71. The minimum atomic E-state index is 0.165. The Morgan fingerprint density at radius 2 is 1.77 bits per heavy atom. The van der Waals surface area contributed by atoms with E-state index in [2.05, 4.69) is 41.2 Å². The van der Waals surface area contributed by atoms with E-state index in [-0.39, 0.29) is 24.0 Å². The topological polar surface area (TPSA) is 67.3 Å². The predicted molar refractivity (Wildman–Crippen MR) is 121 cm³/mol. The molecule has 2 aromatic rings. The predicted octanol–water partition coefficient (Wildman–Crippen LogP) is 4.24. The van der Waals surface area contributed by atoms with E-state index in [4.69, 9.17) is 9.72 Å². The molecule has 2 aromatic heterocycles. The molecule has 1 amide bonds. The summed E-state index contributed by atoms with van der Waals surface area (Å²) in [5, 5.41) is 4.16. The van der Waals surface area contributed by atoms with Crippen LogP contribution in [0.4, 0.5) is 5.13 Å². The lowest BCUT2D eigenvalue weighted by Crippen LogP contribution is -2.45. The van der Waals surface area contributed by atoms with Gasteiger partial charge in [0.05, 0.1) is 29.3 Å². The Morgan fingerprint density at radius 3 is 2.40 bits per heavy atom. The molecule has 6 nitrogen and oxygen atoms in total. The summed E-state index contributed by atoms with van der Waals surface area (Å²) in [5.74, 6) is 0.335. The van der Waals surface area contributed by atoms with Crippen molar-refractivity contribution >= 4 is 22.4 Å². The highest BCUT2D eigenvalue weighted by Crippen LogP contribution is 2.36. The summed E-state index contributed by atoms with van der Waals surface area (Å²) >= 11 is 1.70. The number of ether oxygens (including phenoxy) is 1. The molecular formula is C23H32N4O2S. The lowest BCUT2D eigenvalue weighted by atomic mass is 10.1. The lowest BCUT2D eigenvalue weighted by molar-refractivity contribution is -0.124. The molecule has 0 radical (unpaired) electrons. The van der Waals surface area contributed by atoms with Gasteiger partial charge in [-0.25, -0.2) is 4.98 Å². The van der Waals surface area contributed by atoms with Crippen LogP contribution in [0.15, 0.2) is 12.1 Å². The first-order chi connectivity index (χ1) is 14.4. The van der Waals surface area contributed by atoms with Crippen molar-refractivity contribution in [1.29, 1.82) is 0 Å². The molecule has 1 N–H and O–H groups in total. The number of hydrogen-bond acceptors (Lipinski definition) is 6. The number of anilines is 1. The van der Waals surface area contributed by atoms with Crippen LogP contribution in [0, 0.1) is 19.8 Å². The van der Waals surface area contributed by atoms with Crippen molar-refractivity contribution in [2.24, 2.45) is 5.92 Å². The van der Waals surface area contributed by atoms with Crippen LogP contribution in [0.3, 0.4) is 0 Å². The fourth-order valence-electron chi connectivity index (χ4n) is 4.62. The molecule has 3 heterocycles. The van der Waals surface area contributed by atoms with Gasteiger partial charge in [0.15, 0.2) is 5.13 Å². The summed E-state index contributed by atoms with van der Waals surface area (Å²) in [6.45, 7) is 10.4. The summed E-state index contributed by atoms with van der Waals surface area (Å²) in [4.78, 5) is 25.5. The molecule has 30 heavy (non-hydrogen) atoms. The second kappa shape index (κ2) is 9.02. The van der Waals surface area contributed by atoms with Gasteiger partial charge in [-0.3, -0.25) is 9.78 Å². The molecule has 4 rings (SSSR count). The first-order valence-corrected chi connectivity index (χ1v) is 11.8. The van der Waals surface area contributed by atoms with Crippen molar-refractivity contribution in [2.75, 3.05) is 18.0 Å². The van der Waals surface area contributed by atoms with Crippen LogP contribution in [-0.2, 0) is 16.1 Å². The van der Waals surface area contributed by atoms with Gasteiger partial charge in [0.25, 0.3) is 0 Å². The van der Waals surface area contributed by atoms with Crippen LogP contribution in [0.5, 0.6) is 0 Å². The van der Waals surface area contributed by atoms with Crippen LogP contribution in [0.1, 0.15) is 56.6 Å². The van der Waals surface area contributed by atoms with Crippen LogP contribution in [0.2, 0.25) is 0 Å². The molecule has 0 unspecified atom stereocenters. The van der Waals surface area contributed by atoms with Gasteiger partial charge in [-0.15, -0.1) is 0 Å². The zero-order valence-electron chi connectivity index (χ0n) is 18.4. The molecule has 7 heteroatoms. The maximum atomic E-state index is 12.6. The second-order valence-electron chi connectivity index (χ2n) is 8.77. The smallest absolute Gasteiger partial charge is 0.223 e. The third-order valence-electron chi connectivity index (χ3n) is 5.88. The molecule has 1 aliphatic heterocycles. The Bertz CT molecular complexity index is 876. The van der Waals surface area contributed by atoms with Gasteiger partial charge >= 0.3 is 0 Å². The number of thiazole rings is 1. The second-order valence-corrected chi connectivity index (χ2v) is 9.75. The van der Waals surface area contributed by atoms with Crippen molar-refractivity contribution in [3.8, 4) is 10.4 Å². The molecule has 162 valence electrons. The maximum absolute atomic E-state index is 12.6. The summed E-state index contributed by atoms with van der Waals surface area (Å²) in [7, 11) is 0. The highest BCUT2D eigenvalue weighted by atomic mass is 32.1. The third-order valence-corrected chi connectivity index (χ3v) is 7.08. The number of aryl methyl sites for hydroxylation is 2. The lowest BCUT2D eigenvalue weighted by Gasteiger charge is -2.35. The van der Waals surface area contributed by atoms with Crippen LogP contribution in [0.25, 0.3) is 10.4 Å². The highest BCUT2D eigenvalue weighted by Gasteiger charge is 2.27. The van der Waals surface area contributed by atoms with Crippen molar-refractivity contribution in [3.05, 3.63) is 29.2 Å². The molecule has 2 atom stereocenters. The zero-order chi connectivity index (χ0) is 21.3. The van der Waals surface area contributed by atoms with E-state index < -0.39 is 0 Å². The van der Waals surface area contributed by atoms with Gasteiger partial charge in [0, 0.05) is 30.4 Å². The minimum absolute atomic E-state index is 0.165. The quantitative estimate of drug-likeness (QED) is 0.771. The van der Waals surface area contributed by atoms with Gasteiger partial charge in [0.2, 0.25) is 5.91 Å². The number of nitrogens with one attached hydrogen (secondary N) is 1. The van der Waals surface area contributed by atoms with E-state index in [0.29, 0.717) is 6.54 Å². The Labute approximate surface area is 183 Å². The van der Waals surface area contributed by atoms with Crippen LogP contribution >= 0.6 is 11.3 Å². The number of carbonyl (C=O) groups is 1. The Kier molecular flexibility index (Phi) is 6.39. The minimum Gasteiger partial charge on any atom is -0.372 e. The number of hydrogen-bond donors (Lipinski definition) is 1. The van der Waals surface area contributed by atoms with E-state index in [1.165, 1.54) is 0 Å². The Morgan fingerprint density at radius 1 is 1.13 bits per heavy atom. The molecule has 0 aromatic carbocycles. The molecule has 2 fully saturated rings. The Hall–Kier alpha value is -1.99. The van der Waals surface area contributed by atoms with E-state index in [9.17, 15) is 4.79 Å². The van der Waals surface area contributed by atoms with Crippen molar-refractivity contribution in [3.63, 3.8) is 0 Å². The number of carbonyl (C=O) groups excluding carboxylic acids is 1. The number of pyridine rings is 1. The molecule has 1 saturated heterocycles. The van der Waals surface area contributed by atoms with Crippen LogP contribution < -0.4 is 10.2 Å². The summed E-state index contributed by atoms with van der Waals surface area (Å²) in [5.41, 5.74) is 4.06.